The summed E-state index contributed by atoms with van der Waals surface area (Å²) in [6, 6.07) is 5.51. The minimum Gasteiger partial charge on any atom is -0.383 e. The summed E-state index contributed by atoms with van der Waals surface area (Å²) in [6.07, 6.45) is 0. The summed E-state index contributed by atoms with van der Waals surface area (Å²) in [4.78, 5) is 22.6. The molecule has 0 radical (unpaired) electrons. The molecule has 110 valence electrons. The number of rotatable bonds is 7. The highest BCUT2D eigenvalue weighted by molar-refractivity contribution is 7.92. The summed E-state index contributed by atoms with van der Waals surface area (Å²) in [7, 11) is -2.22. The van der Waals surface area contributed by atoms with Crippen molar-refractivity contribution in [2.45, 2.75) is 11.8 Å². The van der Waals surface area contributed by atoms with E-state index in [2.05, 4.69) is 5.32 Å². The first kappa shape index (κ1) is 16.3. The highest BCUT2D eigenvalue weighted by atomic mass is 32.2. The van der Waals surface area contributed by atoms with Crippen LogP contribution in [0, 0.1) is 0 Å². The number of carbonyl (C=O) groups excluding carboxylic acids is 2. The monoisotopic (exact) mass is 299 g/mol. The molecule has 1 aromatic carbocycles. The van der Waals surface area contributed by atoms with E-state index in [1.54, 1.807) is 0 Å². The Morgan fingerprint density at radius 2 is 1.80 bits per heavy atom. The number of amides is 1. The van der Waals surface area contributed by atoms with E-state index >= 15 is 0 Å². The lowest BCUT2D eigenvalue weighted by atomic mass is 10.2. The molecule has 0 aromatic heterocycles. The number of ether oxygens (including phenoxy) is 1. The number of sulfone groups is 1. The van der Waals surface area contributed by atoms with Gasteiger partial charge in [-0.05, 0) is 19.1 Å². The lowest BCUT2D eigenvalue weighted by Gasteiger charge is -2.06. The van der Waals surface area contributed by atoms with Crippen molar-refractivity contribution in [1.29, 1.82) is 0 Å². The van der Waals surface area contributed by atoms with Crippen molar-refractivity contribution in [3.05, 3.63) is 29.8 Å². The second-order valence-corrected chi connectivity index (χ2v) is 6.17. The Hall–Kier alpha value is -1.73. The summed E-state index contributed by atoms with van der Waals surface area (Å²) < 4.78 is 28.7. The minimum absolute atomic E-state index is 0.0180. The van der Waals surface area contributed by atoms with Crippen molar-refractivity contribution in [2.75, 3.05) is 26.0 Å². The fourth-order valence-corrected chi connectivity index (χ4v) is 2.66. The first-order valence-electron chi connectivity index (χ1n) is 5.96. The third-order valence-corrected chi connectivity index (χ3v) is 4.20. The van der Waals surface area contributed by atoms with Gasteiger partial charge in [-0.1, -0.05) is 12.1 Å². The first-order chi connectivity index (χ1) is 9.36. The van der Waals surface area contributed by atoms with Gasteiger partial charge in [-0.25, -0.2) is 8.42 Å². The molecule has 6 nitrogen and oxygen atoms in total. The molecule has 0 heterocycles. The predicted octanol–water partition coefficient (Wildman–Crippen LogP) is 0.425. The molecule has 20 heavy (non-hydrogen) atoms. The molecule has 7 heteroatoms. The summed E-state index contributed by atoms with van der Waals surface area (Å²) in [5, 5.41) is 2.44. The van der Waals surface area contributed by atoms with Crippen LogP contribution in [0.15, 0.2) is 29.2 Å². The largest absolute Gasteiger partial charge is 0.383 e. The molecule has 0 spiro atoms. The van der Waals surface area contributed by atoms with E-state index in [0.717, 1.165) is 0 Å². The molecule has 1 aromatic rings. The fraction of sp³-hybridized carbons (Fsp3) is 0.385. The number of hydrogen-bond donors (Lipinski definition) is 1. The molecule has 0 aliphatic carbocycles. The van der Waals surface area contributed by atoms with Crippen molar-refractivity contribution in [2.24, 2.45) is 0 Å². The SMILES string of the molecule is COCCNC(=O)CS(=O)(=O)c1ccc(C(C)=O)cc1. The minimum atomic E-state index is -3.70. The van der Waals surface area contributed by atoms with Crippen molar-refractivity contribution >= 4 is 21.5 Å². The fourth-order valence-electron chi connectivity index (χ4n) is 1.50. The van der Waals surface area contributed by atoms with Gasteiger partial charge in [-0.3, -0.25) is 9.59 Å². The molecule has 1 N–H and O–H groups in total. The van der Waals surface area contributed by atoms with Crippen molar-refractivity contribution < 1.29 is 22.7 Å². The molecule has 0 aliphatic rings. The summed E-state index contributed by atoms with van der Waals surface area (Å²) in [5.74, 6) is -1.36. The van der Waals surface area contributed by atoms with Gasteiger partial charge < -0.3 is 10.1 Å². The molecule has 1 amide bonds. The predicted molar refractivity (Wildman–Crippen MR) is 73.4 cm³/mol. The molecule has 0 atom stereocenters. The van der Waals surface area contributed by atoms with E-state index in [1.807, 2.05) is 0 Å². The van der Waals surface area contributed by atoms with Crippen molar-refractivity contribution in [3.63, 3.8) is 0 Å². The summed E-state index contributed by atoms with van der Waals surface area (Å²) in [6.45, 7) is 1.97. The van der Waals surface area contributed by atoms with Gasteiger partial charge in [0, 0.05) is 19.2 Å². The normalized spacial score (nSPS) is 11.1. The lowest BCUT2D eigenvalue weighted by molar-refractivity contribution is -0.118. The lowest BCUT2D eigenvalue weighted by Crippen LogP contribution is -2.32. The molecule has 0 saturated carbocycles. The third kappa shape index (κ3) is 4.75. The van der Waals surface area contributed by atoms with Gasteiger partial charge in [0.2, 0.25) is 5.91 Å². The smallest absolute Gasteiger partial charge is 0.235 e. The zero-order chi connectivity index (χ0) is 15.2. The van der Waals surface area contributed by atoms with Crippen LogP contribution in [-0.2, 0) is 19.4 Å². The van der Waals surface area contributed by atoms with Gasteiger partial charge in [-0.2, -0.15) is 0 Å². The average molecular weight is 299 g/mol. The van der Waals surface area contributed by atoms with Crippen LogP contribution in [0.3, 0.4) is 0 Å². The Kier molecular flexibility index (Phi) is 5.84. The van der Waals surface area contributed by atoms with Gasteiger partial charge in [0.05, 0.1) is 11.5 Å². The van der Waals surface area contributed by atoms with Crippen LogP contribution in [0.2, 0.25) is 0 Å². The maximum Gasteiger partial charge on any atom is 0.235 e. The van der Waals surface area contributed by atoms with E-state index < -0.39 is 21.5 Å². The maximum atomic E-state index is 12.0. The Labute approximate surface area is 118 Å². The average Bonchev–Trinajstić information content (AvgIpc) is 2.38. The molecule has 0 unspecified atom stereocenters. The number of hydrogen-bond acceptors (Lipinski definition) is 5. The van der Waals surface area contributed by atoms with Crippen LogP contribution in [0.5, 0.6) is 0 Å². The van der Waals surface area contributed by atoms with E-state index in [0.29, 0.717) is 12.2 Å². The number of nitrogens with one attached hydrogen (secondary N) is 1. The maximum absolute atomic E-state index is 12.0. The second kappa shape index (κ2) is 7.16. The van der Waals surface area contributed by atoms with Crippen LogP contribution >= 0.6 is 0 Å². The van der Waals surface area contributed by atoms with Crippen LogP contribution in [0.4, 0.5) is 0 Å². The molecule has 0 fully saturated rings. The number of ketones is 1. The topological polar surface area (TPSA) is 89.5 Å². The summed E-state index contributed by atoms with van der Waals surface area (Å²) in [5.41, 5.74) is 0.425. The Morgan fingerprint density at radius 1 is 1.20 bits per heavy atom. The molecular weight excluding hydrogens is 282 g/mol. The van der Waals surface area contributed by atoms with E-state index in [4.69, 9.17) is 4.74 Å². The van der Waals surface area contributed by atoms with Crippen molar-refractivity contribution in [1.82, 2.24) is 5.32 Å². The molecule has 0 aliphatic heterocycles. The van der Waals surface area contributed by atoms with Gasteiger partial charge in [0.1, 0.15) is 5.75 Å². The standard InChI is InChI=1S/C13H17NO5S/c1-10(15)11-3-5-12(6-4-11)20(17,18)9-13(16)14-7-8-19-2/h3-6H,7-9H2,1-2H3,(H,14,16). The Balaban J connectivity index is 2.73. The third-order valence-electron chi connectivity index (χ3n) is 2.57. The van der Waals surface area contributed by atoms with Gasteiger partial charge in [0.25, 0.3) is 0 Å². The quantitative estimate of drug-likeness (QED) is 0.582. The first-order valence-corrected chi connectivity index (χ1v) is 7.61. The van der Waals surface area contributed by atoms with Gasteiger partial charge in [0.15, 0.2) is 15.6 Å². The van der Waals surface area contributed by atoms with Gasteiger partial charge in [-0.15, -0.1) is 0 Å². The number of methoxy groups -OCH3 is 1. The van der Waals surface area contributed by atoms with Crippen LogP contribution in [0.1, 0.15) is 17.3 Å². The van der Waals surface area contributed by atoms with E-state index in [1.165, 1.54) is 38.3 Å². The van der Waals surface area contributed by atoms with E-state index in [-0.39, 0.29) is 17.2 Å². The second-order valence-electron chi connectivity index (χ2n) is 4.18. The van der Waals surface area contributed by atoms with Gasteiger partial charge >= 0.3 is 0 Å². The number of carbonyl (C=O) groups is 2. The Morgan fingerprint density at radius 3 is 2.30 bits per heavy atom. The number of benzene rings is 1. The van der Waals surface area contributed by atoms with E-state index in [9.17, 15) is 18.0 Å². The molecule has 0 saturated heterocycles. The van der Waals surface area contributed by atoms with Crippen molar-refractivity contribution in [3.8, 4) is 0 Å². The summed E-state index contributed by atoms with van der Waals surface area (Å²) >= 11 is 0. The zero-order valence-corrected chi connectivity index (χ0v) is 12.2. The van der Waals surface area contributed by atoms with Crippen LogP contribution in [-0.4, -0.2) is 46.1 Å². The van der Waals surface area contributed by atoms with Crippen LogP contribution < -0.4 is 5.32 Å². The Bertz CT molecular complexity index is 577. The van der Waals surface area contributed by atoms with Crippen LogP contribution in [0.25, 0.3) is 0 Å². The number of Topliss-reactive ketones (excluding diaryl/α,β-unsaturated/α-hetero) is 1. The molecular formula is C13H17NO5S. The highest BCUT2D eigenvalue weighted by Gasteiger charge is 2.19. The zero-order valence-electron chi connectivity index (χ0n) is 11.4. The molecule has 0 bridgehead atoms. The highest BCUT2D eigenvalue weighted by Crippen LogP contribution is 2.12. The molecule has 1 rings (SSSR count).